The summed E-state index contributed by atoms with van der Waals surface area (Å²) in [7, 11) is 0. The summed E-state index contributed by atoms with van der Waals surface area (Å²) in [5.74, 6) is -1.00. The maximum Gasteiger partial charge on any atom is 0.355 e. The summed E-state index contributed by atoms with van der Waals surface area (Å²) in [6, 6.07) is 18.4. The maximum absolute atomic E-state index is 10.6. The van der Waals surface area contributed by atoms with Gasteiger partial charge >= 0.3 is 5.97 Å². The van der Waals surface area contributed by atoms with Crippen molar-refractivity contribution in [2.24, 2.45) is 0 Å². The lowest BCUT2D eigenvalue weighted by Crippen LogP contribution is -1.96. The van der Waals surface area contributed by atoms with Gasteiger partial charge in [0.05, 0.1) is 6.42 Å². The first kappa shape index (κ1) is 11.7. The standard InChI is InChI=1S/C17H13O2/c18-17(19)11-9-13-5-3-7-16-14-6-2-1-4-12(14)8-10-15(13)16/h1-8,10H,9,11H2. The van der Waals surface area contributed by atoms with E-state index in [4.69, 9.17) is 0 Å². The molecule has 0 aliphatic rings. The monoisotopic (exact) mass is 249 g/mol. The average molecular weight is 249 g/mol. The van der Waals surface area contributed by atoms with Crippen LogP contribution in [-0.2, 0) is 16.3 Å². The Hall–Kier alpha value is -2.35. The molecule has 3 rings (SSSR count). The van der Waals surface area contributed by atoms with E-state index in [1.54, 1.807) is 0 Å². The van der Waals surface area contributed by atoms with Gasteiger partial charge in [-0.25, -0.2) is 9.90 Å². The van der Waals surface area contributed by atoms with Crippen molar-refractivity contribution in [3.05, 3.63) is 60.2 Å². The minimum Gasteiger partial charge on any atom is -0.247 e. The minimum absolute atomic E-state index is 0.0614. The molecule has 0 aromatic heterocycles. The summed E-state index contributed by atoms with van der Waals surface area (Å²) < 4.78 is 0. The third-order valence-electron chi connectivity index (χ3n) is 3.48. The quantitative estimate of drug-likeness (QED) is 0.649. The fraction of sp³-hybridized carbons (Fsp3) is 0.118. The normalized spacial score (nSPS) is 10.9. The van der Waals surface area contributed by atoms with Gasteiger partial charge in [-0.3, -0.25) is 0 Å². The van der Waals surface area contributed by atoms with E-state index in [9.17, 15) is 9.90 Å². The van der Waals surface area contributed by atoms with Crippen molar-refractivity contribution in [2.45, 2.75) is 12.8 Å². The molecule has 0 atom stereocenters. The van der Waals surface area contributed by atoms with Crippen LogP contribution in [0.3, 0.4) is 0 Å². The fourth-order valence-electron chi connectivity index (χ4n) is 2.56. The van der Waals surface area contributed by atoms with Gasteiger partial charge in [0.1, 0.15) is 0 Å². The summed E-state index contributed by atoms with van der Waals surface area (Å²) in [5, 5.41) is 15.3. The zero-order chi connectivity index (χ0) is 13.2. The van der Waals surface area contributed by atoms with E-state index in [0.717, 1.165) is 10.9 Å². The molecule has 0 aliphatic heterocycles. The molecule has 1 radical (unpaired) electrons. The molecule has 0 amide bonds. The van der Waals surface area contributed by atoms with Gasteiger partial charge < -0.3 is 0 Å². The minimum atomic E-state index is -1.00. The molecule has 93 valence electrons. The van der Waals surface area contributed by atoms with E-state index in [2.05, 4.69) is 30.3 Å². The Morgan fingerprint density at radius 3 is 2.42 bits per heavy atom. The topological polar surface area (TPSA) is 37.0 Å². The smallest absolute Gasteiger partial charge is 0.247 e. The van der Waals surface area contributed by atoms with Crippen molar-refractivity contribution in [3.63, 3.8) is 0 Å². The van der Waals surface area contributed by atoms with Gasteiger partial charge in [0.25, 0.3) is 0 Å². The molecule has 3 aromatic rings. The number of hydrogen-bond acceptors (Lipinski definition) is 1. The first-order valence-electron chi connectivity index (χ1n) is 6.35. The van der Waals surface area contributed by atoms with Crippen LogP contribution in [0.25, 0.3) is 21.5 Å². The summed E-state index contributed by atoms with van der Waals surface area (Å²) in [4.78, 5) is 10.6. The molecule has 0 aliphatic carbocycles. The van der Waals surface area contributed by atoms with E-state index >= 15 is 0 Å². The predicted octanol–water partition coefficient (Wildman–Crippen LogP) is 3.88. The average Bonchev–Trinajstić information content (AvgIpc) is 2.44. The number of aryl methyl sites for hydroxylation is 1. The van der Waals surface area contributed by atoms with Crippen LogP contribution in [0.5, 0.6) is 0 Å². The van der Waals surface area contributed by atoms with Gasteiger partial charge in [-0.1, -0.05) is 54.6 Å². The molecule has 2 nitrogen and oxygen atoms in total. The summed E-state index contributed by atoms with van der Waals surface area (Å²) in [5.41, 5.74) is 1.06. The second-order valence-corrected chi connectivity index (χ2v) is 4.67. The molecule has 0 spiro atoms. The van der Waals surface area contributed by atoms with Crippen LogP contribution < -0.4 is 0 Å². The third-order valence-corrected chi connectivity index (χ3v) is 3.48. The van der Waals surface area contributed by atoms with Crippen molar-refractivity contribution in [3.8, 4) is 0 Å². The third kappa shape index (κ3) is 2.17. The molecule has 0 unspecified atom stereocenters. The van der Waals surface area contributed by atoms with E-state index in [0.29, 0.717) is 6.42 Å². The van der Waals surface area contributed by atoms with Gasteiger partial charge in [0, 0.05) is 0 Å². The fourth-order valence-corrected chi connectivity index (χ4v) is 2.56. The van der Waals surface area contributed by atoms with Crippen LogP contribution >= 0.6 is 0 Å². The molecule has 0 heterocycles. The molecule has 0 N–H and O–H groups in total. The number of hydrogen-bond donors (Lipinski definition) is 0. The first-order valence-corrected chi connectivity index (χ1v) is 6.35. The van der Waals surface area contributed by atoms with Crippen LogP contribution in [0.1, 0.15) is 12.0 Å². The molecule has 19 heavy (non-hydrogen) atoms. The summed E-state index contributed by atoms with van der Waals surface area (Å²) in [6.07, 6.45) is 0.573. The lowest BCUT2D eigenvalue weighted by atomic mass is 9.96. The van der Waals surface area contributed by atoms with Crippen LogP contribution in [0.15, 0.2) is 54.6 Å². The van der Waals surface area contributed by atoms with E-state index < -0.39 is 5.97 Å². The molecule has 0 saturated carbocycles. The first-order chi connectivity index (χ1) is 9.25. The highest BCUT2D eigenvalue weighted by Gasteiger charge is 2.06. The van der Waals surface area contributed by atoms with Crippen molar-refractivity contribution < 1.29 is 9.90 Å². The molecular weight excluding hydrogens is 236 g/mol. The van der Waals surface area contributed by atoms with E-state index in [-0.39, 0.29) is 6.42 Å². The van der Waals surface area contributed by atoms with Crippen molar-refractivity contribution in [1.82, 2.24) is 0 Å². The largest absolute Gasteiger partial charge is 0.355 e. The molecule has 0 bridgehead atoms. The number of rotatable bonds is 3. The van der Waals surface area contributed by atoms with Crippen LogP contribution in [-0.4, -0.2) is 5.97 Å². The van der Waals surface area contributed by atoms with Crippen LogP contribution in [0.4, 0.5) is 0 Å². The Morgan fingerprint density at radius 2 is 1.58 bits per heavy atom. The van der Waals surface area contributed by atoms with Gasteiger partial charge in [-0.2, -0.15) is 0 Å². The van der Waals surface area contributed by atoms with Gasteiger partial charge in [-0.05, 0) is 33.5 Å². The van der Waals surface area contributed by atoms with Crippen LogP contribution in [0.2, 0.25) is 0 Å². The summed E-state index contributed by atoms with van der Waals surface area (Å²) in [6.45, 7) is 0. The Morgan fingerprint density at radius 1 is 0.789 bits per heavy atom. The molecule has 0 saturated heterocycles. The molecule has 2 heteroatoms. The molecule has 0 fully saturated rings. The predicted molar refractivity (Wildman–Crippen MR) is 75.5 cm³/mol. The molecule has 3 aromatic carbocycles. The number of carbonyl (C=O) groups is 1. The van der Waals surface area contributed by atoms with E-state index in [1.165, 1.54) is 16.2 Å². The highest BCUT2D eigenvalue weighted by Crippen LogP contribution is 2.28. The van der Waals surface area contributed by atoms with Crippen molar-refractivity contribution >= 4 is 27.5 Å². The van der Waals surface area contributed by atoms with Gasteiger partial charge in [0.2, 0.25) is 0 Å². The summed E-state index contributed by atoms with van der Waals surface area (Å²) >= 11 is 0. The Bertz CT molecular complexity index is 759. The maximum atomic E-state index is 10.6. The van der Waals surface area contributed by atoms with Crippen molar-refractivity contribution in [1.29, 1.82) is 0 Å². The second-order valence-electron chi connectivity index (χ2n) is 4.67. The zero-order valence-corrected chi connectivity index (χ0v) is 10.4. The number of fused-ring (bicyclic) bond motifs is 3. The van der Waals surface area contributed by atoms with Gasteiger partial charge in [0.15, 0.2) is 0 Å². The number of carbonyl (C=O) groups excluding carboxylic acids is 1. The van der Waals surface area contributed by atoms with Crippen LogP contribution in [0, 0.1) is 0 Å². The Balaban J connectivity index is 2.20. The Kier molecular flexibility index (Phi) is 2.92. The Labute approximate surface area is 111 Å². The zero-order valence-electron chi connectivity index (χ0n) is 10.4. The lowest BCUT2D eigenvalue weighted by molar-refractivity contribution is -0.143. The second kappa shape index (κ2) is 4.73. The number of benzene rings is 3. The van der Waals surface area contributed by atoms with Gasteiger partial charge in [-0.15, -0.1) is 0 Å². The lowest BCUT2D eigenvalue weighted by Gasteiger charge is -2.08. The SMILES string of the molecule is [O]C(=O)CCc1cccc2c1ccc1ccccc12. The molecular formula is C17H13O2. The van der Waals surface area contributed by atoms with Crippen molar-refractivity contribution in [2.75, 3.05) is 0 Å². The highest BCUT2D eigenvalue weighted by atomic mass is 16.4. The highest BCUT2D eigenvalue weighted by molar-refractivity contribution is 6.08. The van der Waals surface area contributed by atoms with E-state index in [1.807, 2.05) is 24.3 Å².